The lowest BCUT2D eigenvalue weighted by Crippen LogP contribution is -2.05. The van der Waals surface area contributed by atoms with Crippen molar-refractivity contribution in [2.75, 3.05) is 0 Å². The molecule has 0 radical (unpaired) electrons. The lowest BCUT2D eigenvalue weighted by Gasteiger charge is -2.07. The Labute approximate surface area is 132 Å². The lowest BCUT2D eigenvalue weighted by atomic mass is 10.0. The van der Waals surface area contributed by atoms with Gasteiger partial charge in [0.15, 0.2) is 5.78 Å². The van der Waals surface area contributed by atoms with Crippen molar-refractivity contribution in [3.8, 4) is 0 Å². The van der Waals surface area contributed by atoms with Crippen LogP contribution in [0.2, 0.25) is 5.02 Å². The van der Waals surface area contributed by atoms with Crippen LogP contribution >= 0.6 is 43.5 Å². The van der Waals surface area contributed by atoms with E-state index in [9.17, 15) is 9.18 Å². The summed E-state index contributed by atoms with van der Waals surface area (Å²) in [6.07, 6.45) is 0.164. The third kappa shape index (κ3) is 3.44. The second kappa shape index (κ2) is 6.16. The van der Waals surface area contributed by atoms with Gasteiger partial charge in [-0.25, -0.2) is 4.39 Å². The minimum absolute atomic E-state index is 0.112. The number of hydrogen-bond acceptors (Lipinski definition) is 1. The molecule has 0 aliphatic carbocycles. The highest BCUT2D eigenvalue weighted by atomic mass is 79.9. The maximum Gasteiger partial charge on any atom is 0.168 e. The summed E-state index contributed by atoms with van der Waals surface area (Å²) in [4.78, 5) is 12.2. The first-order valence-electron chi connectivity index (χ1n) is 5.40. The van der Waals surface area contributed by atoms with Crippen LogP contribution in [0.5, 0.6) is 0 Å². The van der Waals surface area contributed by atoms with E-state index in [1.54, 1.807) is 24.3 Å². The van der Waals surface area contributed by atoms with Crippen LogP contribution in [-0.4, -0.2) is 5.78 Å². The predicted octanol–water partition coefficient (Wildman–Crippen LogP) is 5.43. The maximum absolute atomic E-state index is 13.0. The molecule has 0 aromatic heterocycles. The Bertz CT molecular complexity index is 643. The third-order valence-electron chi connectivity index (χ3n) is 2.62. The molecule has 2 aromatic carbocycles. The van der Waals surface area contributed by atoms with Crippen LogP contribution in [0.3, 0.4) is 0 Å². The molecule has 0 N–H and O–H groups in total. The molecular formula is C14H8Br2ClFO. The van der Waals surface area contributed by atoms with Crippen molar-refractivity contribution in [3.63, 3.8) is 0 Å². The van der Waals surface area contributed by atoms with Gasteiger partial charge in [0.2, 0.25) is 0 Å². The standard InChI is InChI=1S/C14H8Br2ClFO/c15-11-3-1-2-10(14(11)17)13(19)6-8-4-5-9(18)7-12(8)16/h1-5,7H,6H2. The molecule has 19 heavy (non-hydrogen) atoms. The van der Waals surface area contributed by atoms with Crippen molar-refractivity contribution >= 4 is 49.2 Å². The van der Waals surface area contributed by atoms with Gasteiger partial charge in [-0.1, -0.05) is 39.7 Å². The highest BCUT2D eigenvalue weighted by molar-refractivity contribution is 9.10. The van der Waals surface area contributed by atoms with Gasteiger partial charge in [-0.05, 0) is 45.8 Å². The zero-order valence-electron chi connectivity index (χ0n) is 9.59. The van der Waals surface area contributed by atoms with Gasteiger partial charge in [-0.15, -0.1) is 0 Å². The molecular weight excluding hydrogens is 398 g/mol. The van der Waals surface area contributed by atoms with Crippen molar-refractivity contribution < 1.29 is 9.18 Å². The van der Waals surface area contributed by atoms with Gasteiger partial charge in [0.1, 0.15) is 5.82 Å². The average Bonchev–Trinajstić information content (AvgIpc) is 2.36. The van der Waals surface area contributed by atoms with E-state index in [-0.39, 0.29) is 18.0 Å². The Morgan fingerprint density at radius 1 is 1.16 bits per heavy atom. The molecule has 0 atom stereocenters. The van der Waals surface area contributed by atoms with E-state index < -0.39 is 0 Å². The summed E-state index contributed by atoms with van der Waals surface area (Å²) in [6, 6.07) is 9.45. The van der Waals surface area contributed by atoms with Crippen molar-refractivity contribution in [2.45, 2.75) is 6.42 Å². The zero-order valence-corrected chi connectivity index (χ0v) is 13.5. The first kappa shape index (κ1) is 14.7. The number of ketones is 1. The molecule has 5 heteroatoms. The van der Waals surface area contributed by atoms with Crippen molar-refractivity contribution in [3.05, 3.63) is 67.3 Å². The third-order valence-corrected chi connectivity index (χ3v) is 4.65. The predicted molar refractivity (Wildman–Crippen MR) is 81.3 cm³/mol. The Balaban J connectivity index is 2.28. The molecule has 2 rings (SSSR count). The molecule has 98 valence electrons. The summed E-state index contributed by atoms with van der Waals surface area (Å²) < 4.78 is 14.2. The van der Waals surface area contributed by atoms with Gasteiger partial charge < -0.3 is 0 Å². The first-order valence-corrected chi connectivity index (χ1v) is 7.36. The summed E-state index contributed by atoms with van der Waals surface area (Å²) >= 11 is 12.6. The van der Waals surface area contributed by atoms with E-state index in [4.69, 9.17) is 11.6 Å². The normalized spacial score (nSPS) is 10.5. The number of halogens is 4. The number of benzene rings is 2. The van der Waals surface area contributed by atoms with Gasteiger partial charge in [-0.3, -0.25) is 4.79 Å². The quantitative estimate of drug-likeness (QED) is 0.621. The Morgan fingerprint density at radius 3 is 2.58 bits per heavy atom. The van der Waals surface area contributed by atoms with E-state index in [0.717, 1.165) is 5.56 Å². The van der Waals surface area contributed by atoms with Gasteiger partial charge in [0.25, 0.3) is 0 Å². The summed E-state index contributed by atoms with van der Waals surface area (Å²) in [7, 11) is 0. The minimum atomic E-state index is -0.344. The molecule has 0 amide bonds. The molecule has 0 fully saturated rings. The topological polar surface area (TPSA) is 17.1 Å². The summed E-state index contributed by atoms with van der Waals surface area (Å²) in [5, 5.41) is 0.394. The fraction of sp³-hybridized carbons (Fsp3) is 0.0714. The number of Topliss-reactive ketones (excluding diaryl/α,β-unsaturated/α-hetero) is 1. The largest absolute Gasteiger partial charge is 0.294 e. The average molecular weight is 406 g/mol. The van der Waals surface area contributed by atoms with Gasteiger partial charge >= 0.3 is 0 Å². The molecule has 0 heterocycles. The molecule has 0 bridgehead atoms. The van der Waals surface area contributed by atoms with Crippen molar-refractivity contribution in [1.29, 1.82) is 0 Å². The minimum Gasteiger partial charge on any atom is -0.294 e. The SMILES string of the molecule is O=C(Cc1ccc(F)cc1Br)c1cccc(Br)c1Cl. The van der Waals surface area contributed by atoms with Crippen LogP contribution in [-0.2, 0) is 6.42 Å². The van der Waals surface area contributed by atoms with Gasteiger partial charge in [-0.2, -0.15) is 0 Å². The number of carbonyl (C=O) groups is 1. The molecule has 0 aliphatic heterocycles. The second-order valence-electron chi connectivity index (χ2n) is 3.94. The van der Waals surface area contributed by atoms with Gasteiger partial charge in [0, 0.05) is 20.9 Å². The van der Waals surface area contributed by atoms with Crippen LogP contribution in [0, 0.1) is 5.82 Å². The lowest BCUT2D eigenvalue weighted by molar-refractivity contribution is 0.0993. The molecule has 2 aromatic rings. The molecule has 1 nitrogen and oxygen atoms in total. The smallest absolute Gasteiger partial charge is 0.168 e. The highest BCUT2D eigenvalue weighted by Crippen LogP contribution is 2.28. The molecule has 0 saturated carbocycles. The van der Waals surface area contributed by atoms with E-state index in [0.29, 0.717) is 19.5 Å². The summed E-state index contributed by atoms with van der Waals surface area (Å²) in [5.41, 5.74) is 1.18. The molecule has 0 unspecified atom stereocenters. The molecule has 0 saturated heterocycles. The Kier molecular flexibility index (Phi) is 4.76. The molecule has 0 spiro atoms. The fourth-order valence-electron chi connectivity index (χ4n) is 1.65. The van der Waals surface area contributed by atoms with Crippen LogP contribution in [0.25, 0.3) is 0 Å². The van der Waals surface area contributed by atoms with Crippen LogP contribution in [0.4, 0.5) is 4.39 Å². The zero-order chi connectivity index (χ0) is 14.0. The van der Waals surface area contributed by atoms with E-state index in [1.165, 1.54) is 12.1 Å². The van der Waals surface area contributed by atoms with Crippen LogP contribution in [0.15, 0.2) is 45.3 Å². The number of carbonyl (C=O) groups excluding carboxylic acids is 1. The van der Waals surface area contributed by atoms with E-state index >= 15 is 0 Å². The van der Waals surface area contributed by atoms with E-state index in [2.05, 4.69) is 31.9 Å². The Morgan fingerprint density at radius 2 is 1.89 bits per heavy atom. The number of rotatable bonds is 3. The number of hydrogen-bond donors (Lipinski definition) is 0. The first-order chi connectivity index (χ1) is 8.99. The Hall–Kier alpha value is -0.710. The van der Waals surface area contributed by atoms with Crippen molar-refractivity contribution in [1.82, 2.24) is 0 Å². The fourth-order valence-corrected chi connectivity index (χ4v) is 2.74. The van der Waals surface area contributed by atoms with Crippen molar-refractivity contribution in [2.24, 2.45) is 0 Å². The van der Waals surface area contributed by atoms with Crippen LogP contribution in [0.1, 0.15) is 15.9 Å². The van der Waals surface area contributed by atoms with Crippen LogP contribution < -0.4 is 0 Å². The summed E-state index contributed by atoms with van der Waals surface area (Å²) in [5.74, 6) is -0.456. The van der Waals surface area contributed by atoms with E-state index in [1.807, 2.05) is 0 Å². The van der Waals surface area contributed by atoms with Gasteiger partial charge in [0.05, 0.1) is 5.02 Å². The maximum atomic E-state index is 13.0. The monoisotopic (exact) mass is 404 g/mol. The highest BCUT2D eigenvalue weighted by Gasteiger charge is 2.14. The molecule has 0 aliphatic rings. The summed E-state index contributed by atoms with van der Waals surface area (Å²) in [6.45, 7) is 0. The second-order valence-corrected chi connectivity index (χ2v) is 6.02.